The number of fused-ring (bicyclic) bond motifs is 1. The van der Waals surface area contributed by atoms with Crippen LogP contribution in [0, 0.1) is 0 Å². The first-order valence-corrected chi connectivity index (χ1v) is 7.80. The van der Waals surface area contributed by atoms with E-state index >= 15 is 0 Å². The van der Waals surface area contributed by atoms with Crippen LogP contribution in [0.15, 0.2) is 30.5 Å². The molecule has 0 saturated carbocycles. The predicted molar refractivity (Wildman–Crippen MR) is 87.2 cm³/mol. The van der Waals surface area contributed by atoms with Crippen LogP contribution in [0.25, 0.3) is 10.9 Å². The second-order valence-electron chi connectivity index (χ2n) is 5.33. The van der Waals surface area contributed by atoms with E-state index in [0.29, 0.717) is 6.54 Å². The van der Waals surface area contributed by atoms with Crippen LogP contribution in [-0.2, 0) is 17.9 Å². The molecule has 4 nitrogen and oxygen atoms in total. The Bertz CT molecular complexity index is 589. The number of aromatic nitrogens is 1. The van der Waals surface area contributed by atoms with E-state index in [1.54, 1.807) is 0 Å². The molecule has 0 unspecified atom stereocenters. The number of carbonyl (C=O) groups is 1. The van der Waals surface area contributed by atoms with Gasteiger partial charge in [0.2, 0.25) is 5.91 Å². The predicted octanol–water partition coefficient (Wildman–Crippen LogP) is 2.67. The molecular formula is C17H25N3O. The highest BCUT2D eigenvalue weighted by molar-refractivity contribution is 5.85. The summed E-state index contributed by atoms with van der Waals surface area (Å²) in [5.74, 6) is 0.0747. The standard InChI is InChI=1S/C17H25N3O/c1-3-9-18-12-15-7-5-6-14-8-11-20(17(14)15)13-16(21)19-10-4-2/h5-8,11,18H,3-4,9-10,12-13H2,1-2H3,(H,19,21). The maximum atomic E-state index is 11.9. The molecule has 0 aliphatic carbocycles. The zero-order chi connectivity index (χ0) is 15.1. The molecule has 2 rings (SSSR count). The number of nitrogens with one attached hydrogen (secondary N) is 2. The van der Waals surface area contributed by atoms with Crippen molar-refractivity contribution in [3.05, 3.63) is 36.0 Å². The van der Waals surface area contributed by atoms with Crippen molar-refractivity contribution in [3.63, 3.8) is 0 Å². The van der Waals surface area contributed by atoms with E-state index in [2.05, 4.69) is 48.7 Å². The summed E-state index contributed by atoms with van der Waals surface area (Å²) in [5.41, 5.74) is 2.40. The molecule has 0 aliphatic rings. The Hall–Kier alpha value is -1.81. The second-order valence-corrected chi connectivity index (χ2v) is 5.33. The lowest BCUT2D eigenvalue weighted by molar-refractivity contribution is -0.121. The van der Waals surface area contributed by atoms with Crippen molar-refractivity contribution in [2.24, 2.45) is 0 Å². The van der Waals surface area contributed by atoms with Crippen LogP contribution in [0.2, 0.25) is 0 Å². The Morgan fingerprint density at radius 2 is 1.95 bits per heavy atom. The summed E-state index contributed by atoms with van der Waals surface area (Å²) in [5, 5.41) is 7.55. The number of hydrogen-bond acceptors (Lipinski definition) is 2. The highest BCUT2D eigenvalue weighted by Crippen LogP contribution is 2.20. The fourth-order valence-electron chi connectivity index (χ4n) is 2.49. The topological polar surface area (TPSA) is 46.1 Å². The molecule has 0 spiro atoms. The van der Waals surface area contributed by atoms with Gasteiger partial charge in [-0.2, -0.15) is 0 Å². The van der Waals surface area contributed by atoms with Gasteiger partial charge >= 0.3 is 0 Å². The van der Waals surface area contributed by atoms with Crippen molar-refractivity contribution in [3.8, 4) is 0 Å². The highest BCUT2D eigenvalue weighted by atomic mass is 16.1. The molecule has 0 aliphatic heterocycles. The maximum absolute atomic E-state index is 11.9. The molecule has 0 fully saturated rings. The molecule has 1 heterocycles. The largest absolute Gasteiger partial charge is 0.355 e. The van der Waals surface area contributed by atoms with Crippen LogP contribution in [-0.4, -0.2) is 23.6 Å². The Labute approximate surface area is 126 Å². The molecule has 1 amide bonds. The number of carbonyl (C=O) groups excluding carboxylic acids is 1. The third kappa shape index (κ3) is 4.08. The van der Waals surface area contributed by atoms with Crippen LogP contribution in [0.1, 0.15) is 32.3 Å². The Morgan fingerprint density at radius 3 is 2.71 bits per heavy atom. The molecular weight excluding hydrogens is 262 g/mol. The molecule has 0 saturated heterocycles. The maximum Gasteiger partial charge on any atom is 0.239 e. The lowest BCUT2D eigenvalue weighted by Gasteiger charge is -2.11. The van der Waals surface area contributed by atoms with Gasteiger partial charge in [-0.25, -0.2) is 0 Å². The molecule has 114 valence electrons. The summed E-state index contributed by atoms with van der Waals surface area (Å²) < 4.78 is 2.04. The first kappa shape index (κ1) is 15.6. The van der Waals surface area contributed by atoms with Crippen molar-refractivity contribution in [2.45, 2.75) is 39.8 Å². The summed E-state index contributed by atoms with van der Waals surface area (Å²) in [6.45, 7) is 7.19. The number of para-hydroxylation sites is 1. The number of nitrogens with zero attached hydrogens (tertiary/aromatic N) is 1. The molecule has 0 atom stereocenters. The SMILES string of the molecule is CCCNCc1cccc2ccn(CC(=O)NCCC)c12. The monoisotopic (exact) mass is 287 g/mol. The smallest absolute Gasteiger partial charge is 0.239 e. The summed E-state index contributed by atoms with van der Waals surface area (Å²) >= 11 is 0. The third-order valence-corrected chi connectivity index (χ3v) is 3.50. The molecule has 1 aromatic carbocycles. The first-order valence-electron chi connectivity index (χ1n) is 7.80. The van der Waals surface area contributed by atoms with Gasteiger partial charge in [-0.15, -0.1) is 0 Å². The van der Waals surface area contributed by atoms with E-state index in [0.717, 1.165) is 38.0 Å². The molecule has 4 heteroatoms. The van der Waals surface area contributed by atoms with Crippen LogP contribution in [0.5, 0.6) is 0 Å². The summed E-state index contributed by atoms with van der Waals surface area (Å²) in [6.07, 6.45) is 4.08. The zero-order valence-electron chi connectivity index (χ0n) is 13.0. The van der Waals surface area contributed by atoms with E-state index in [-0.39, 0.29) is 5.91 Å². The second kappa shape index (κ2) is 7.84. The molecule has 21 heavy (non-hydrogen) atoms. The van der Waals surface area contributed by atoms with Gasteiger partial charge < -0.3 is 15.2 Å². The normalized spacial score (nSPS) is 11.0. The van der Waals surface area contributed by atoms with Gasteiger partial charge in [0.25, 0.3) is 0 Å². The summed E-state index contributed by atoms with van der Waals surface area (Å²) in [4.78, 5) is 11.9. The van der Waals surface area contributed by atoms with Gasteiger partial charge in [0.15, 0.2) is 0 Å². The Kier molecular flexibility index (Phi) is 5.81. The highest BCUT2D eigenvalue weighted by Gasteiger charge is 2.09. The van der Waals surface area contributed by atoms with Crippen molar-refractivity contribution < 1.29 is 4.79 Å². The van der Waals surface area contributed by atoms with Crippen molar-refractivity contribution in [2.75, 3.05) is 13.1 Å². The minimum absolute atomic E-state index is 0.0747. The quantitative estimate of drug-likeness (QED) is 0.733. The summed E-state index contributed by atoms with van der Waals surface area (Å²) in [6, 6.07) is 8.38. The molecule has 2 N–H and O–H groups in total. The molecule has 0 bridgehead atoms. The van der Waals surface area contributed by atoms with Gasteiger partial charge in [0, 0.05) is 19.3 Å². The van der Waals surface area contributed by atoms with Gasteiger partial charge in [-0.05, 0) is 36.4 Å². The van der Waals surface area contributed by atoms with Gasteiger partial charge in [-0.3, -0.25) is 4.79 Å². The lowest BCUT2D eigenvalue weighted by atomic mass is 10.1. The lowest BCUT2D eigenvalue weighted by Crippen LogP contribution is -2.28. The first-order chi connectivity index (χ1) is 10.3. The fraction of sp³-hybridized carbons (Fsp3) is 0.471. The van der Waals surface area contributed by atoms with Crippen LogP contribution < -0.4 is 10.6 Å². The Morgan fingerprint density at radius 1 is 1.14 bits per heavy atom. The third-order valence-electron chi connectivity index (χ3n) is 3.50. The van der Waals surface area contributed by atoms with E-state index < -0.39 is 0 Å². The van der Waals surface area contributed by atoms with Crippen LogP contribution in [0.3, 0.4) is 0 Å². The van der Waals surface area contributed by atoms with E-state index in [1.165, 1.54) is 10.9 Å². The van der Waals surface area contributed by atoms with E-state index in [9.17, 15) is 4.79 Å². The van der Waals surface area contributed by atoms with Crippen molar-refractivity contribution in [1.82, 2.24) is 15.2 Å². The minimum Gasteiger partial charge on any atom is -0.355 e. The van der Waals surface area contributed by atoms with Crippen molar-refractivity contribution >= 4 is 16.8 Å². The van der Waals surface area contributed by atoms with E-state index in [4.69, 9.17) is 0 Å². The minimum atomic E-state index is 0.0747. The number of hydrogen-bond donors (Lipinski definition) is 2. The summed E-state index contributed by atoms with van der Waals surface area (Å²) in [7, 11) is 0. The number of amides is 1. The fourth-order valence-corrected chi connectivity index (χ4v) is 2.49. The average Bonchev–Trinajstić information content (AvgIpc) is 2.89. The number of rotatable bonds is 8. The van der Waals surface area contributed by atoms with Crippen LogP contribution >= 0.6 is 0 Å². The molecule has 0 radical (unpaired) electrons. The zero-order valence-corrected chi connectivity index (χ0v) is 13.0. The Balaban J connectivity index is 2.17. The average molecular weight is 287 g/mol. The molecule has 2 aromatic rings. The van der Waals surface area contributed by atoms with Gasteiger partial charge in [0.05, 0.1) is 5.52 Å². The van der Waals surface area contributed by atoms with E-state index in [1.807, 2.05) is 10.8 Å². The van der Waals surface area contributed by atoms with Crippen LogP contribution in [0.4, 0.5) is 0 Å². The van der Waals surface area contributed by atoms with Gasteiger partial charge in [0.1, 0.15) is 6.54 Å². The molecule has 1 aromatic heterocycles. The van der Waals surface area contributed by atoms with Gasteiger partial charge in [-0.1, -0.05) is 32.0 Å². The van der Waals surface area contributed by atoms with Crippen molar-refractivity contribution in [1.29, 1.82) is 0 Å². The number of benzene rings is 1.